The molecule has 5 rings (SSSR count). The number of likely N-dealkylation sites (N-methyl/N-ethyl adjacent to an activating group) is 1. The van der Waals surface area contributed by atoms with Gasteiger partial charge in [-0.3, -0.25) is 9.69 Å². The van der Waals surface area contributed by atoms with E-state index >= 15 is 0 Å². The van der Waals surface area contributed by atoms with Gasteiger partial charge in [-0.15, -0.1) is 0 Å². The lowest BCUT2D eigenvalue weighted by Crippen LogP contribution is -2.52. The van der Waals surface area contributed by atoms with Crippen LogP contribution in [0.5, 0.6) is 0 Å². The molecule has 0 radical (unpaired) electrons. The molecule has 1 aliphatic heterocycles. The van der Waals surface area contributed by atoms with Crippen LogP contribution in [0, 0.1) is 0 Å². The van der Waals surface area contributed by atoms with Gasteiger partial charge in [-0.25, -0.2) is 14.8 Å². The zero-order valence-electron chi connectivity index (χ0n) is 27.1. The Kier molecular flexibility index (Phi) is 10.3. The normalized spacial score (nSPS) is 15.5. The van der Waals surface area contributed by atoms with Crippen LogP contribution < -0.4 is 5.32 Å². The number of nitrogens with one attached hydrogen (secondary N) is 2. The molecule has 46 heavy (non-hydrogen) atoms. The number of fused-ring (bicyclic) bond motifs is 1. The van der Waals surface area contributed by atoms with E-state index in [1.807, 2.05) is 105 Å². The third-order valence-electron chi connectivity index (χ3n) is 7.66. The first-order valence-corrected chi connectivity index (χ1v) is 15.9. The molecule has 3 heterocycles. The van der Waals surface area contributed by atoms with Crippen molar-refractivity contribution in [3.8, 4) is 11.3 Å². The van der Waals surface area contributed by atoms with Gasteiger partial charge >= 0.3 is 6.09 Å². The summed E-state index contributed by atoms with van der Waals surface area (Å²) in [6.45, 7) is 7.74. The second kappa shape index (κ2) is 14.3. The number of benzene rings is 2. The van der Waals surface area contributed by atoms with E-state index in [2.05, 4.69) is 15.3 Å². The van der Waals surface area contributed by atoms with Crippen LogP contribution in [0.2, 0.25) is 5.02 Å². The van der Waals surface area contributed by atoms with Gasteiger partial charge in [-0.2, -0.15) is 0 Å². The molecule has 11 heteroatoms. The standard InChI is InChI=1S/C35H42ClN7O3/c1-35(2,3)46-34(45)43(26-10-8-19-42(23-26)31(44)13-9-18-41(4)5)22-24-14-16-25(17-15-24)39-33-38-21-29(36)32(40-33)28-20-37-30-12-7-6-11-27(28)30/h6-7,9,11-17,20-21,26,37H,8,10,18-19,22-23H2,1-5H3,(H,38,39,40)/b13-9+. The monoisotopic (exact) mass is 643 g/mol. The van der Waals surface area contributed by atoms with Gasteiger partial charge in [0.05, 0.1) is 23.0 Å². The summed E-state index contributed by atoms with van der Waals surface area (Å²) in [7, 11) is 3.92. The number of rotatable bonds is 9. The van der Waals surface area contributed by atoms with Gasteiger partial charge in [0.15, 0.2) is 0 Å². The number of ether oxygens (including phenoxy) is 1. The predicted molar refractivity (Wildman–Crippen MR) is 183 cm³/mol. The summed E-state index contributed by atoms with van der Waals surface area (Å²) >= 11 is 6.51. The van der Waals surface area contributed by atoms with Gasteiger partial charge in [0.2, 0.25) is 11.9 Å². The first-order valence-electron chi connectivity index (χ1n) is 15.5. The number of carbonyl (C=O) groups excluding carboxylic acids is 2. The van der Waals surface area contributed by atoms with Crippen LogP contribution in [0.15, 0.2) is 73.1 Å². The fourth-order valence-corrected chi connectivity index (χ4v) is 5.64. The van der Waals surface area contributed by atoms with E-state index in [-0.39, 0.29) is 11.9 Å². The minimum absolute atomic E-state index is 0.0385. The quantitative estimate of drug-likeness (QED) is 0.192. The van der Waals surface area contributed by atoms with E-state index in [0.717, 1.165) is 40.6 Å². The number of likely N-dealkylation sites (tertiary alicyclic amines) is 1. The fourth-order valence-electron chi connectivity index (χ4n) is 5.45. The molecule has 242 valence electrons. The van der Waals surface area contributed by atoms with Crippen molar-refractivity contribution in [3.05, 3.63) is 83.7 Å². The van der Waals surface area contributed by atoms with E-state index in [1.54, 1.807) is 17.2 Å². The Balaban J connectivity index is 1.30. The first-order chi connectivity index (χ1) is 22.0. The number of nitrogens with zero attached hydrogens (tertiary/aromatic N) is 5. The summed E-state index contributed by atoms with van der Waals surface area (Å²) < 4.78 is 5.82. The number of hydrogen-bond acceptors (Lipinski definition) is 7. The predicted octanol–water partition coefficient (Wildman–Crippen LogP) is 6.87. The maximum atomic E-state index is 13.5. The van der Waals surface area contributed by atoms with Crippen LogP contribution in [0.3, 0.4) is 0 Å². The Bertz CT molecular complexity index is 1690. The van der Waals surface area contributed by atoms with Crippen LogP contribution in [-0.2, 0) is 16.1 Å². The number of aromatic nitrogens is 3. The molecule has 2 aromatic heterocycles. The van der Waals surface area contributed by atoms with Crippen molar-refractivity contribution in [2.24, 2.45) is 0 Å². The molecule has 1 saturated heterocycles. The average Bonchev–Trinajstić information content (AvgIpc) is 3.44. The third kappa shape index (κ3) is 8.44. The van der Waals surface area contributed by atoms with Gasteiger partial charge in [0, 0.05) is 60.6 Å². The summed E-state index contributed by atoms with van der Waals surface area (Å²) in [5.41, 5.74) is 3.61. The molecule has 2 N–H and O–H groups in total. The van der Waals surface area contributed by atoms with Crippen LogP contribution in [0.25, 0.3) is 22.2 Å². The van der Waals surface area contributed by atoms with Gasteiger partial charge in [0.1, 0.15) is 5.60 Å². The molecule has 1 atom stereocenters. The maximum absolute atomic E-state index is 13.5. The maximum Gasteiger partial charge on any atom is 0.410 e. The van der Waals surface area contributed by atoms with E-state index in [9.17, 15) is 9.59 Å². The lowest BCUT2D eigenvalue weighted by molar-refractivity contribution is -0.128. The van der Waals surface area contributed by atoms with Crippen molar-refractivity contribution in [2.75, 3.05) is 39.0 Å². The summed E-state index contributed by atoms with van der Waals surface area (Å²) in [6, 6.07) is 15.6. The molecular formula is C35H42ClN7O3. The van der Waals surface area contributed by atoms with Crippen LogP contribution in [0.1, 0.15) is 39.2 Å². The smallest absolute Gasteiger partial charge is 0.410 e. The van der Waals surface area contributed by atoms with Gasteiger partial charge in [-0.1, -0.05) is 48.0 Å². The highest BCUT2D eigenvalue weighted by Gasteiger charge is 2.33. The van der Waals surface area contributed by atoms with Crippen molar-refractivity contribution >= 4 is 46.1 Å². The zero-order valence-corrected chi connectivity index (χ0v) is 27.8. The minimum Gasteiger partial charge on any atom is -0.444 e. The Labute approximate surface area is 275 Å². The molecule has 0 spiro atoms. The van der Waals surface area contributed by atoms with Gasteiger partial charge in [-0.05, 0) is 71.5 Å². The Morgan fingerprint density at radius 2 is 1.91 bits per heavy atom. The molecule has 2 aromatic carbocycles. The van der Waals surface area contributed by atoms with Crippen molar-refractivity contribution in [1.29, 1.82) is 0 Å². The number of halogens is 1. The summed E-state index contributed by atoms with van der Waals surface area (Å²) in [5, 5.41) is 4.76. The van der Waals surface area contributed by atoms with Crippen LogP contribution >= 0.6 is 11.6 Å². The minimum atomic E-state index is -0.647. The number of H-pyrrole nitrogens is 1. The second-order valence-electron chi connectivity index (χ2n) is 12.8. The number of carbonyl (C=O) groups is 2. The molecule has 1 aliphatic rings. The Morgan fingerprint density at radius 1 is 1.15 bits per heavy atom. The van der Waals surface area contributed by atoms with Gasteiger partial charge in [0.25, 0.3) is 0 Å². The Hall–Kier alpha value is -4.41. The van der Waals surface area contributed by atoms with Crippen molar-refractivity contribution in [1.82, 2.24) is 29.7 Å². The summed E-state index contributed by atoms with van der Waals surface area (Å²) in [6.07, 6.45) is 8.19. The van der Waals surface area contributed by atoms with Gasteiger partial charge < -0.3 is 24.8 Å². The van der Waals surface area contributed by atoms with Crippen LogP contribution in [0.4, 0.5) is 16.4 Å². The molecule has 0 saturated carbocycles. The molecular weight excluding hydrogens is 602 g/mol. The highest BCUT2D eigenvalue weighted by Crippen LogP contribution is 2.33. The molecule has 1 unspecified atom stereocenters. The Morgan fingerprint density at radius 3 is 2.65 bits per heavy atom. The number of piperidine rings is 1. The first kappa shape index (κ1) is 33.0. The topological polar surface area (TPSA) is 107 Å². The zero-order chi connectivity index (χ0) is 32.8. The van der Waals surface area contributed by atoms with E-state index in [1.165, 1.54) is 0 Å². The lowest BCUT2D eigenvalue weighted by atomic mass is 10.0. The molecule has 0 aliphatic carbocycles. The SMILES string of the molecule is CN(C)C/C=C/C(=O)N1CCCC(N(Cc2ccc(Nc3ncc(Cl)c(-c4c[nH]c5ccccc45)n3)cc2)C(=O)OC(C)(C)C)C1. The number of amides is 2. The fraction of sp³-hybridized carbons (Fsp3) is 0.371. The van der Waals surface area contributed by atoms with E-state index < -0.39 is 11.7 Å². The molecule has 10 nitrogen and oxygen atoms in total. The highest BCUT2D eigenvalue weighted by atomic mass is 35.5. The summed E-state index contributed by atoms with van der Waals surface area (Å²) in [5.74, 6) is 0.378. The van der Waals surface area contributed by atoms with E-state index in [0.29, 0.717) is 42.8 Å². The summed E-state index contributed by atoms with van der Waals surface area (Å²) in [4.78, 5) is 44.3. The van der Waals surface area contributed by atoms with Crippen LogP contribution in [-0.4, -0.2) is 87.0 Å². The molecule has 1 fully saturated rings. The third-order valence-corrected chi connectivity index (χ3v) is 7.94. The largest absolute Gasteiger partial charge is 0.444 e. The number of anilines is 2. The van der Waals surface area contributed by atoms with E-state index in [4.69, 9.17) is 21.3 Å². The molecule has 2 amide bonds. The van der Waals surface area contributed by atoms with Crippen molar-refractivity contribution < 1.29 is 14.3 Å². The second-order valence-corrected chi connectivity index (χ2v) is 13.2. The van der Waals surface area contributed by atoms with Crippen molar-refractivity contribution in [2.45, 2.75) is 51.8 Å². The molecule has 0 bridgehead atoms. The molecule has 4 aromatic rings. The number of aromatic amines is 1. The number of para-hydroxylation sites is 1. The average molecular weight is 644 g/mol. The highest BCUT2D eigenvalue weighted by molar-refractivity contribution is 6.33. The van der Waals surface area contributed by atoms with Crippen molar-refractivity contribution in [3.63, 3.8) is 0 Å². The number of hydrogen-bond donors (Lipinski definition) is 2. The lowest BCUT2D eigenvalue weighted by Gasteiger charge is -2.39.